The van der Waals surface area contributed by atoms with E-state index in [0.29, 0.717) is 12.1 Å². The first-order valence-electron chi connectivity index (χ1n) is 8.17. The molecule has 1 saturated carbocycles. The van der Waals surface area contributed by atoms with Crippen LogP contribution in [-0.2, 0) is 0 Å². The van der Waals surface area contributed by atoms with Gasteiger partial charge in [0.15, 0.2) is 0 Å². The first-order chi connectivity index (χ1) is 9.69. The van der Waals surface area contributed by atoms with Crippen molar-refractivity contribution in [1.82, 2.24) is 5.32 Å². The van der Waals surface area contributed by atoms with Gasteiger partial charge in [-0.1, -0.05) is 32.3 Å². The maximum absolute atomic E-state index is 6.36. The lowest BCUT2D eigenvalue weighted by Crippen LogP contribution is -2.43. The van der Waals surface area contributed by atoms with Crippen LogP contribution in [0.1, 0.15) is 56.6 Å². The first-order valence-corrected chi connectivity index (χ1v) is 8.17. The van der Waals surface area contributed by atoms with Gasteiger partial charge in [-0.3, -0.25) is 0 Å². The van der Waals surface area contributed by atoms with Crippen LogP contribution in [0, 0.1) is 13.8 Å². The highest BCUT2D eigenvalue weighted by molar-refractivity contribution is 5.33. The molecule has 0 bridgehead atoms. The summed E-state index contributed by atoms with van der Waals surface area (Å²) in [6.07, 6.45) is 8.07. The maximum Gasteiger partial charge on any atom is 0.120 e. The van der Waals surface area contributed by atoms with E-state index in [4.69, 9.17) is 4.74 Å². The van der Waals surface area contributed by atoms with Gasteiger partial charge >= 0.3 is 0 Å². The molecule has 0 spiro atoms. The summed E-state index contributed by atoms with van der Waals surface area (Å²) in [7, 11) is 0. The van der Waals surface area contributed by atoms with Crippen molar-refractivity contribution in [3.05, 3.63) is 29.3 Å². The molecule has 1 aromatic rings. The molecule has 1 fully saturated rings. The quantitative estimate of drug-likeness (QED) is 0.880. The van der Waals surface area contributed by atoms with Crippen LogP contribution < -0.4 is 10.1 Å². The lowest BCUT2D eigenvalue weighted by molar-refractivity contribution is 0.128. The molecule has 2 atom stereocenters. The molecule has 0 heterocycles. The van der Waals surface area contributed by atoms with Gasteiger partial charge in [-0.25, -0.2) is 0 Å². The fourth-order valence-electron chi connectivity index (χ4n) is 3.26. The molecule has 2 rings (SSSR count). The smallest absolute Gasteiger partial charge is 0.120 e. The fourth-order valence-corrected chi connectivity index (χ4v) is 3.26. The zero-order valence-corrected chi connectivity index (χ0v) is 13.2. The molecule has 1 aliphatic carbocycles. The van der Waals surface area contributed by atoms with Gasteiger partial charge in [0.05, 0.1) is 0 Å². The van der Waals surface area contributed by atoms with Crippen molar-refractivity contribution in [3.63, 3.8) is 0 Å². The summed E-state index contributed by atoms with van der Waals surface area (Å²) in [6, 6.07) is 7.03. The molecule has 0 aliphatic heterocycles. The van der Waals surface area contributed by atoms with Crippen LogP contribution in [0.3, 0.4) is 0 Å². The Labute approximate surface area is 123 Å². The van der Waals surface area contributed by atoms with Crippen LogP contribution >= 0.6 is 0 Å². The van der Waals surface area contributed by atoms with Gasteiger partial charge in [0, 0.05) is 6.04 Å². The molecule has 112 valence electrons. The van der Waals surface area contributed by atoms with E-state index < -0.39 is 0 Å². The van der Waals surface area contributed by atoms with Gasteiger partial charge < -0.3 is 10.1 Å². The third-order valence-electron chi connectivity index (χ3n) is 4.15. The second-order valence-electron chi connectivity index (χ2n) is 6.14. The van der Waals surface area contributed by atoms with Crippen molar-refractivity contribution in [2.24, 2.45) is 0 Å². The van der Waals surface area contributed by atoms with Crippen LogP contribution in [0.25, 0.3) is 0 Å². The number of hydrogen-bond donors (Lipinski definition) is 1. The number of ether oxygens (including phenoxy) is 1. The summed E-state index contributed by atoms with van der Waals surface area (Å²) in [6.45, 7) is 7.49. The fraction of sp³-hybridized carbons (Fsp3) is 0.667. The molecule has 0 saturated heterocycles. The molecule has 1 N–H and O–H groups in total. The topological polar surface area (TPSA) is 21.3 Å². The summed E-state index contributed by atoms with van der Waals surface area (Å²) >= 11 is 0. The SMILES string of the molecule is CCNC1CCCCCCC1Oc1cc(C)cc(C)c1. The Bertz CT molecular complexity index is 396. The van der Waals surface area contributed by atoms with Gasteiger partial charge in [-0.15, -0.1) is 0 Å². The van der Waals surface area contributed by atoms with Crippen LogP contribution in [-0.4, -0.2) is 18.7 Å². The minimum Gasteiger partial charge on any atom is -0.489 e. The third kappa shape index (κ3) is 4.52. The van der Waals surface area contributed by atoms with E-state index in [1.54, 1.807) is 0 Å². The molecule has 0 aromatic heterocycles. The summed E-state index contributed by atoms with van der Waals surface area (Å²) in [5, 5.41) is 3.63. The molecular formula is C18H29NO. The Morgan fingerprint density at radius 1 is 1.00 bits per heavy atom. The summed E-state index contributed by atoms with van der Waals surface area (Å²) in [5.74, 6) is 1.04. The maximum atomic E-state index is 6.36. The summed E-state index contributed by atoms with van der Waals surface area (Å²) < 4.78 is 6.36. The molecule has 0 amide bonds. The Morgan fingerprint density at radius 2 is 1.65 bits per heavy atom. The van der Waals surface area contributed by atoms with Crippen LogP contribution in [0.15, 0.2) is 18.2 Å². The van der Waals surface area contributed by atoms with Crippen molar-refractivity contribution in [2.75, 3.05) is 6.54 Å². The monoisotopic (exact) mass is 275 g/mol. The highest BCUT2D eigenvalue weighted by atomic mass is 16.5. The van der Waals surface area contributed by atoms with E-state index in [-0.39, 0.29) is 0 Å². The number of likely N-dealkylation sites (N-methyl/N-ethyl adjacent to an activating group) is 1. The minimum absolute atomic E-state index is 0.316. The lowest BCUT2D eigenvalue weighted by Gasteiger charge is -2.30. The van der Waals surface area contributed by atoms with Crippen molar-refractivity contribution in [1.29, 1.82) is 0 Å². The average molecular weight is 275 g/mol. The van der Waals surface area contributed by atoms with E-state index in [9.17, 15) is 0 Å². The van der Waals surface area contributed by atoms with Crippen molar-refractivity contribution >= 4 is 0 Å². The zero-order chi connectivity index (χ0) is 14.4. The predicted octanol–water partition coefficient (Wildman–Crippen LogP) is 4.38. The van der Waals surface area contributed by atoms with Gasteiger partial charge in [0.2, 0.25) is 0 Å². The second kappa shape index (κ2) is 7.68. The van der Waals surface area contributed by atoms with Crippen LogP contribution in [0.2, 0.25) is 0 Å². The van der Waals surface area contributed by atoms with Crippen molar-refractivity contribution in [2.45, 2.75) is 71.4 Å². The number of nitrogens with one attached hydrogen (secondary N) is 1. The molecule has 2 heteroatoms. The van der Waals surface area contributed by atoms with E-state index in [0.717, 1.165) is 12.3 Å². The summed E-state index contributed by atoms with van der Waals surface area (Å²) in [4.78, 5) is 0. The van der Waals surface area contributed by atoms with E-state index >= 15 is 0 Å². The van der Waals surface area contributed by atoms with Crippen molar-refractivity contribution in [3.8, 4) is 5.75 Å². The third-order valence-corrected chi connectivity index (χ3v) is 4.15. The first kappa shape index (κ1) is 15.4. The second-order valence-corrected chi connectivity index (χ2v) is 6.14. The molecule has 1 aliphatic rings. The molecule has 2 unspecified atom stereocenters. The van der Waals surface area contributed by atoms with Gasteiger partial charge in [0.1, 0.15) is 11.9 Å². The standard InChI is InChI=1S/C18H29NO/c1-4-19-17-9-7-5-6-8-10-18(17)20-16-12-14(2)11-15(3)13-16/h11-13,17-19H,4-10H2,1-3H3. The van der Waals surface area contributed by atoms with E-state index in [1.807, 2.05) is 0 Å². The lowest BCUT2D eigenvalue weighted by atomic mass is 9.94. The molecule has 20 heavy (non-hydrogen) atoms. The number of hydrogen-bond acceptors (Lipinski definition) is 2. The van der Waals surface area contributed by atoms with Crippen LogP contribution in [0.5, 0.6) is 5.75 Å². The number of benzene rings is 1. The van der Waals surface area contributed by atoms with Crippen LogP contribution in [0.4, 0.5) is 0 Å². The highest BCUT2D eigenvalue weighted by Crippen LogP contribution is 2.24. The Balaban J connectivity index is 2.08. The van der Waals surface area contributed by atoms with Crippen molar-refractivity contribution < 1.29 is 4.74 Å². The Hall–Kier alpha value is -1.02. The normalized spacial score (nSPS) is 23.9. The predicted molar refractivity (Wildman–Crippen MR) is 85.5 cm³/mol. The van der Waals surface area contributed by atoms with Gasteiger partial charge in [-0.2, -0.15) is 0 Å². The largest absolute Gasteiger partial charge is 0.489 e. The molecule has 0 radical (unpaired) electrons. The average Bonchev–Trinajstić information content (AvgIpc) is 2.36. The minimum atomic E-state index is 0.316. The Kier molecular flexibility index (Phi) is 5.90. The summed E-state index contributed by atoms with van der Waals surface area (Å²) in [5.41, 5.74) is 2.57. The van der Waals surface area contributed by atoms with E-state index in [1.165, 1.54) is 49.7 Å². The molecular weight excluding hydrogens is 246 g/mol. The van der Waals surface area contributed by atoms with E-state index in [2.05, 4.69) is 44.3 Å². The zero-order valence-electron chi connectivity index (χ0n) is 13.2. The number of rotatable bonds is 4. The highest BCUT2D eigenvalue weighted by Gasteiger charge is 2.23. The van der Waals surface area contributed by atoms with Gasteiger partial charge in [-0.05, 0) is 62.9 Å². The molecule has 1 aromatic carbocycles. The Morgan fingerprint density at radius 3 is 2.30 bits per heavy atom. The number of aryl methyl sites for hydroxylation is 2. The van der Waals surface area contributed by atoms with Gasteiger partial charge in [0.25, 0.3) is 0 Å². The molecule has 2 nitrogen and oxygen atoms in total.